The Labute approximate surface area is 86.0 Å². The number of nitrogens with zero attached hydrogens (tertiary/aromatic N) is 1. The first-order valence-corrected chi connectivity index (χ1v) is 5.41. The Morgan fingerprint density at radius 3 is 2.86 bits per heavy atom. The average Bonchev–Trinajstić information content (AvgIpc) is 2.19. The molecule has 3 atom stereocenters. The van der Waals surface area contributed by atoms with Gasteiger partial charge in [-0.3, -0.25) is 4.90 Å². The van der Waals surface area contributed by atoms with Crippen LogP contribution in [0.5, 0.6) is 0 Å². The Bertz CT molecular complexity index is 164. The molecule has 84 valence electrons. The Hall–Kier alpha value is -0.160. The molecule has 3 N–H and O–H groups in total. The summed E-state index contributed by atoms with van der Waals surface area (Å²) in [7, 11) is 0. The van der Waals surface area contributed by atoms with Crippen molar-refractivity contribution in [3.8, 4) is 0 Å². The van der Waals surface area contributed by atoms with E-state index in [2.05, 4.69) is 11.8 Å². The highest BCUT2D eigenvalue weighted by Gasteiger charge is 2.27. The summed E-state index contributed by atoms with van der Waals surface area (Å²) >= 11 is 0. The van der Waals surface area contributed by atoms with Crippen molar-refractivity contribution in [2.75, 3.05) is 26.3 Å². The first-order chi connectivity index (χ1) is 6.69. The molecule has 0 radical (unpaired) electrons. The fourth-order valence-corrected chi connectivity index (χ4v) is 1.90. The van der Waals surface area contributed by atoms with E-state index in [0.29, 0.717) is 6.10 Å². The van der Waals surface area contributed by atoms with Crippen LogP contribution in [0.2, 0.25) is 0 Å². The fraction of sp³-hybridized carbons (Fsp3) is 1.00. The van der Waals surface area contributed by atoms with Crippen LogP contribution in [0, 0.1) is 0 Å². The van der Waals surface area contributed by atoms with E-state index in [9.17, 15) is 5.11 Å². The van der Waals surface area contributed by atoms with Gasteiger partial charge in [-0.25, -0.2) is 0 Å². The highest BCUT2D eigenvalue weighted by molar-refractivity contribution is 4.82. The number of nitrogens with two attached hydrogens (primary N) is 1. The molecule has 0 spiro atoms. The van der Waals surface area contributed by atoms with Crippen LogP contribution in [-0.4, -0.2) is 54.5 Å². The topological polar surface area (TPSA) is 58.7 Å². The summed E-state index contributed by atoms with van der Waals surface area (Å²) in [5.41, 5.74) is 5.82. The predicted molar refractivity (Wildman–Crippen MR) is 56.1 cm³/mol. The molecule has 1 rings (SSSR count). The van der Waals surface area contributed by atoms with Gasteiger partial charge in [0.05, 0.1) is 19.3 Å². The van der Waals surface area contributed by atoms with Crippen molar-refractivity contribution >= 4 is 0 Å². The van der Waals surface area contributed by atoms with Crippen LogP contribution >= 0.6 is 0 Å². The molecule has 1 aliphatic heterocycles. The van der Waals surface area contributed by atoms with Gasteiger partial charge in [-0.1, -0.05) is 6.92 Å². The van der Waals surface area contributed by atoms with Gasteiger partial charge in [-0.15, -0.1) is 0 Å². The highest BCUT2D eigenvalue weighted by atomic mass is 16.5. The maximum atomic E-state index is 9.25. The molecule has 0 aromatic rings. The second kappa shape index (κ2) is 5.66. The number of hydrogen-bond acceptors (Lipinski definition) is 4. The SMILES string of the molecule is CCC1CN(C(CO)C(C)N)CCO1. The number of aliphatic hydroxyl groups excluding tert-OH is 1. The monoisotopic (exact) mass is 202 g/mol. The van der Waals surface area contributed by atoms with E-state index in [1.54, 1.807) is 0 Å². The molecule has 0 aromatic carbocycles. The van der Waals surface area contributed by atoms with Gasteiger partial charge >= 0.3 is 0 Å². The van der Waals surface area contributed by atoms with E-state index < -0.39 is 0 Å². The minimum atomic E-state index is 0.00982. The molecule has 0 amide bonds. The molecule has 4 nitrogen and oxygen atoms in total. The van der Waals surface area contributed by atoms with Crippen LogP contribution in [0.15, 0.2) is 0 Å². The normalized spacial score (nSPS) is 28.7. The van der Waals surface area contributed by atoms with Crippen molar-refractivity contribution in [2.45, 2.75) is 38.5 Å². The Kier molecular flexibility index (Phi) is 4.81. The summed E-state index contributed by atoms with van der Waals surface area (Å²) in [5, 5.41) is 9.25. The average molecular weight is 202 g/mol. The summed E-state index contributed by atoms with van der Waals surface area (Å²) in [4.78, 5) is 2.24. The molecule has 0 saturated carbocycles. The molecule has 14 heavy (non-hydrogen) atoms. The maximum Gasteiger partial charge on any atom is 0.0700 e. The predicted octanol–water partition coefficient (Wildman–Crippen LogP) is -0.195. The number of ether oxygens (including phenoxy) is 1. The maximum absolute atomic E-state index is 9.25. The standard InChI is InChI=1S/C10H22N2O2/c1-3-9-6-12(4-5-14-9)10(7-13)8(2)11/h8-10,13H,3-7,11H2,1-2H3. The van der Waals surface area contributed by atoms with Gasteiger partial charge in [0.1, 0.15) is 0 Å². The molecule has 1 saturated heterocycles. The molecule has 1 heterocycles. The third-order valence-electron chi connectivity index (χ3n) is 2.89. The lowest BCUT2D eigenvalue weighted by Gasteiger charge is -2.38. The lowest BCUT2D eigenvalue weighted by Crippen LogP contribution is -2.54. The van der Waals surface area contributed by atoms with E-state index in [4.69, 9.17) is 10.5 Å². The lowest BCUT2D eigenvalue weighted by molar-refractivity contribution is -0.0546. The molecule has 3 unspecified atom stereocenters. The van der Waals surface area contributed by atoms with Crippen molar-refractivity contribution in [3.63, 3.8) is 0 Å². The molecular weight excluding hydrogens is 180 g/mol. The molecule has 1 fully saturated rings. The second-order valence-electron chi connectivity index (χ2n) is 4.01. The quantitative estimate of drug-likeness (QED) is 0.663. The lowest BCUT2D eigenvalue weighted by atomic mass is 10.1. The van der Waals surface area contributed by atoms with Crippen molar-refractivity contribution in [2.24, 2.45) is 5.73 Å². The number of hydrogen-bond donors (Lipinski definition) is 2. The number of aliphatic hydroxyl groups is 1. The van der Waals surface area contributed by atoms with Gasteiger partial charge in [0.15, 0.2) is 0 Å². The third-order valence-corrected chi connectivity index (χ3v) is 2.89. The molecule has 0 aromatic heterocycles. The summed E-state index contributed by atoms with van der Waals surface area (Å²) in [6, 6.07) is 0.0866. The van der Waals surface area contributed by atoms with Crippen LogP contribution in [0.1, 0.15) is 20.3 Å². The number of rotatable bonds is 4. The first-order valence-electron chi connectivity index (χ1n) is 5.41. The largest absolute Gasteiger partial charge is 0.395 e. The Morgan fingerprint density at radius 2 is 2.36 bits per heavy atom. The fourth-order valence-electron chi connectivity index (χ4n) is 1.90. The van der Waals surface area contributed by atoms with Gasteiger partial charge in [0, 0.05) is 25.2 Å². The first kappa shape index (κ1) is 11.9. The van der Waals surface area contributed by atoms with Crippen LogP contribution in [-0.2, 0) is 4.74 Å². The van der Waals surface area contributed by atoms with Crippen molar-refractivity contribution in [1.29, 1.82) is 0 Å². The van der Waals surface area contributed by atoms with Gasteiger partial charge in [-0.2, -0.15) is 0 Å². The minimum absolute atomic E-state index is 0.00982. The van der Waals surface area contributed by atoms with Crippen LogP contribution in [0.4, 0.5) is 0 Å². The van der Waals surface area contributed by atoms with Crippen molar-refractivity contribution in [3.05, 3.63) is 0 Å². The van der Waals surface area contributed by atoms with E-state index in [0.717, 1.165) is 26.1 Å². The summed E-state index contributed by atoms with van der Waals surface area (Å²) in [5.74, 6) is 0. The zero-order chi connectivity index (χ0) is 10.6. The highest BCUT2D eigenvalue weighted by Crippen LogP contribution is 2.12. The summed E-state index contributed by atoms with van der Waals surface area (Å²) < 4.78 is 5.57. The number of morpholine rings is 1. The van der Waals surface area contributed by atoms with E-state index in [-0.39, 0.29) is 18.7 Å². The van der Waals surface area contributed by atoms with Gasteiger partial charge < -0.3 is 15.6 Å². The zero-order valence-electron chi connectivity index (χ0n) is 9.15. The van der Waals surface area contributed by atoms with Gasteiger partial charge in [0.25, 0.3) is 0 Å². The van der Waals surface area contributed by atoms with Crippen molar-refractivity contribution in [1.82, 2.24) is 4.90 Å². The Balaban J connectivity index is 2.48. The third kappa shape index (κ3) is 2.92. The Morgan fingerprint density at radius 1 is 1.64 bits per heavy atom. The van der Waals surface area contributed by atoms with Gasteiger partial charge in [-0.05, 0) is 13.3 Å². The molecule has 4 heteroatoms. The zero-order valence-corrected chi connectivity index (χ0v) is 9.15. The molecule has 0 bridgehead atoms. The summed E-state index contributed by atoms with van der Waals surface area (Å²) in [6.45, 7) is 6.72. The van der Waals surface area contributed by atoms with Gasteiger partial charge in [0.2, 0.25) is 0 Å². The minimum Gasteiger partial charge on any atom is -0.395 e. The van der Waals surface area contributed by atoms with Crippen LogP contribution in [0.3, 0.4) is 0 Å². The molecule has 0 aliphatic carbocycles. The second-order valence-corrected chi connectivity index (χ2v) is 4.01. The van der Waals surface area contributed by atoms with Crippen LogP contribution < -0.4 is 5.73 Å². The smallest absolute Gasteiger partial charge is 0.0700 e. The van der Waals surface area contributed by atoms with E-state index in [1.165, 1.54) is 0 Å². The van der Waals surface area contributed by atoms with E-state index >= 15 is 0 Å². The van der Waals surface area contributed by atoms with Crippen LogP contribution in [0.25, 0.3) is 0 Å². The van der Waals surface area contributed by atoms with Crippen molar-refractivity contribution < 1.29 is 9.84 Å². The summed E-state index contributed by atoms with van der Waals surface area (Å²) in [6.07, 6.45) is 1.32. The molecule has 1 aliphatic rings. The van der Waals surface area contributed by atoms with E-state index in [1.807, 2.05) is 6.92 Å². The molecular formula is C10H22N2O2.